The predicted octanol–water partition coefficient (Wildman–Crippen LogP) is 5.16. The summed E-state index contributed by atoms with van der Waals surface area (Å²) in [7, 11) is 1.66. The van der Waals surface area contributed by atoms with Crippen molar-refractivity contribution in [3.8, 4) is 5.75 Å². The number of methoxy groups -OCH3 is 1. The number of likely N-dealkylation sites (N-methyl/N-ethyl adjacent to an activating group) is 1. The Bertz CT molecular complexity index is 925. The van der Waals surface area contributed by atoms with Crippen molar-refractivity contribution >= 4 is 38.4 Å². The van der Waals surface area contributed by atoms with Crippen LogP contribution in [0.1, 0.15) is 25.3 Å². The zero-order chi connectivity index (χ0) is 18.7. The van der Waals surface area contributed by atoms with E-state index in [1.165, 1.54) is 0 Å². The summed E-state index contributed by atoms with van der Waals surface area (Å²) in [5.41, 5.74) is 0.989. The van der Waals surface area contributed by atoms with Gasteiger partial charge in [0, 0.05) is 17.2 Å². The summed E-state index contributed by atoms with van der Waals surface area (Å²) in [6.07, 6.45) is 1.71. The lowest BCUT2D eigenvalue weighted by Crippen LogP contribution is -2.34. The molecule has 1 aromatic heterocycles. The fourth-order valence-electron chi connectivity index (χ4n) is 2.97. The number of anilines is 1. The van der Waals surface area contributed by atoms with Gasteiger partial charge in [-0.3, -0.25) is 9.69 Å². The number of ether oxygens (including phenoxy) is 1. The van der Waals surface area contributed by atoms with E-state index >= 15 is 0 Å². The molecule has 1 heterocycles. The predicted molar refractivity (Wildman–Crippen MR) is 109 cm³/mol. The molecule has 0 bridgehead atoms. The van der Waals surface area contributed by atoms with Crippen molar-refractivity contribution in [3.05, 3.63) is 64.8 Å². The molecule has 0 fully saturated rings. The highest BCUT2D eigenvalue weighted by Gasteiger charge is 2.23. The summed E-state index contributed by atoms with van der Waals surface area (Å²) in [5.74, 6) is 1.27. The van der Waals surface area contributed by atoms with E-state index < -0.39 is 0 Å². The molecular formula is C21H21BrN2O2. The van der Waals surface area contributed by atoms with Gasteiger partial charge < -0.3 is 4.74 Å². The van der Waals surface area contributed by atoms with Crippen LogP contribution in [0, 0.1) is 0 Å². The summed E-state index contributed by atoms with van der Waals surface area (Å²) in [6.45, 7) is 4.47. The largest absolute Gasteiger partial charge is 0.497 e. The Hall–Kier alpha value is -2.40. The van der Waals surface area contributed by atoms with E-state index in [1.807, 2.05) is 56.3 Å². The van der Waals surface area contributed by atoms with Crippen LogP contribution in [0.2, 0.25) is 0 Å². The zero-order valence-corrected chi connectivity index (χ0v) is 16.7. The number of hydrogen-bond donors (Lipinski definition) is 0. The number of benzene rings is 2. The van der Waals surface area contributed by atoms with Crippen LogP contribution < -0.4 is 9.64 Å². The highest BCUT2D eigenvalue weighted by molar-refractivity contribution is 9.10. The Morgan fingerprint density at radius 2 is 1.88 bits per heavy atom. The Kier molecular flexibility index (Phi) is 5.57. The molecule has 0 saturated heterocycles. The molecule has 0 aliphatic heterocycles. The van der Waals surface area contributed by atoms with Crippen LogP contribution >= 0.6 is 15.9 Å². The van der Waals surface area contributed by atoms with Gasteiger partial charge in [-0.25, -0.2) is 4.98 Å². The number of fused-ring (bicyclic) bond motifs is 1. The number of carbonyl (C=O) groups is 1. The van der Waals surface area contributed by atoms with Crippen molar-refractivity contribution < 1.29 is 9.53 Å². The van der Waals surface area contributed by atoms with E-state index in [1.54, 1.807) is 18.2 Å². The van der Waals surface area contributed by atoms with Gasteiger partial charge in [0.15, 0.2) is 0 Å². The van der Waals surface area contributed by atoms with Crippen LogP contribution in [0.5, 0.6) is 5.75 Å². The van der Waals surface area contributed by atoms with Crippen molar-refractivity contribution in [2.45, 2.75) is 19.8 Å². The Morgan fingerprint density at radius 1 is 1.15 bits per heavy atom. The number of halogens is 1. The molecule has 0 radical (unpaired) electrons. The van der Waals surface area contributed by atoms with Gasteiger partial charge in [0.2, 0.25) is 5.91 Å². The number of amides is 1. The summed E-state index contributed by atoms with van der Waals surface area (Å²) in [4.78, 5) is 19.1. The van der Waals surface area contributed by atoms with Gasteiger partial charge in [-0.1, -0.05) is 24.3 Å². The SMILES string of the molecule is CCN(C(=O)[C@@H](C)c1ccc2cc(OC)ccc2c1)c1ccc(Br)cn1. The third-order valence-corrected chi connectivity index (χ3v) is 4.98. The molecule has 26 heavy (non-hydrogen) atoms. The lowest BCUT2D eigenvalue weighted by molar-refractivity contribution is -0.119. The molecule has 2 aromatic carbocycles. The number of carbonyl (C=O) groups excluding carboxylic acids is 1. The molecule has 1 amide bonds. The molecule has 134 valence electrons. The maximum Gasteiger partial charge on any atom is 0.235 e. The van der Waals surface area contributed by atoms with Crippen molar-refractivity contribution in [1.29, 1.82) is 0 Å². The third-order valence-electron chi connectivity index (χ3n) is 4.51. The quantitative estimate of drug-likeness (QED) is 0.580. The number of aromatic nitrogens is 1. The average Bonchev–Trinajstić information content (AvgIpc) is 2.68. The molecule has 3 rings (SSSR count). The summed E-state index contributed by atoms with van der Waals surface area (Å²) in [6, 6.07) is 15.8. The summed E-state index contributed by atoms with van der Waals surface area (Å²) < 4.78 is 6.16. The smallest absolute Gasteiger partial charge is 0.235 e. The molecule has 4 nitrogen and oxygen atoms in total. The van der Waals surface area contributed by atoms with E-state index in [-0.39, 0.29) is 11.8 Å². The molecule has 0 N–H and O–H groups in total. The standard InChI is InChI=1S/C21H21BrN2O2/c1-4-24(20-10-8-18(22)13-23-20)21(25)14(2)15-5-6-17-12-19(26-3)9-7-16(17)11-15/h5-14H,4H2,1-3H3/t14-/m0/s1. The van der Waals surface area contributed by atoms with Gasteiger partial charge in [-0.15, -0.1) is 0 Å². The van der Waals surface area contributed by atoms with Crippen molar-refractivity contribution in [3.63, 3.8) is 0 Å². The van der Waals surface area contributed by atoms with Gasteiger partial charge in [0.1, 0.15) is 11.6 Å². The minimum Gasteiger partial charge on any atom is -0.497 e. The van der Waals surface area contributed by atoms with Gasteiger partial charge in [0.25, 0.3) is 0 Å². The van der Waals surface area contributed by atoms with Crippen LogP contribution in [0.25, 0.3) is 10.8 Å². The van der Waals surface area contributed by atoms with E-state index in [0.29, 0.717) is 12.4 Å². The lowest BCUT2D eigenvalue weighted by atomic mass is 9.96. The first-order chi connectivity index (χ1) is 12.5. The second-order valence-corrected chi connectivity index (χ2v) is 7.03. The molecule has 0 aliphatic carbocycles. The molecule has 0 aliphatic rings. The van der Waals surface area contributed by atoms with Crippen LogP contribution in [-0.2, 0) is 4.79 Å². The highest BCUT2D eigenvalue weighted by atomic mass is 79.9. The molecule has 1 atom stereocenters. The fourth-order valence-corrected chi connectivity index (χ4v) is 3.21. The molecular weight excluding hydrogens is 392 g/mol. The molecule has 3 aromatic rings. The lowest BCUT2D eigenvalue weighted by Gasteiger charge is -2.24. The molecule has 0 unspecified atom stereocenters. The molecule has 0 saturated carbocycles. The van der Waals surface area contributed by atoms with Gasteiger partial charge >= 0.3 is 0 Å². The summed E-state index contributed by atoms with van der Waals surface area (Å²) >= 11 is 3.38. The van der Waals surface area contributed by atoms with E-state index in [4.69, 9.17) is 4.74 Å². The Labute approximate surface area is 161 Å². The second kappa shape index (κ2) is 7.87. The van der Waals surface area contributed by atoms with Crippen LogP contribution in [0.4, 0.5) is 5.82 Å². The van der Waals surface area contributed by atoms with Crippen molar-refractivity contribution in [1.82, 2.24) is 4.98 Å². The maximum absolute atomic E-state index is 13.1. The number of hydrogen-bond acceptors (Lipinski definition) is 3. The summed E-state index contributed by atoms with van der Waals surface area (Å²) in [5, 5.41) is 2.18. The van der Waals surface area contributed by atoms with Crippen molar-refractivity contribution in [2.24, 2.45) is 0 Å². The van der Waals surface area contributed by atoms with Gasteiger partial charge in [-0.2, -0.15) is 0 Å². The van der Waals surface area contributed by atoms with E-state index in [9.17, 15) is 4.79 Å². The highest BCUT2D eigenvalue weighted by Crippen LogP contribution is 2.27. The molecule has 0 spiro atoms. The van der Waals surface area contributed by atoms with E-state index in [0.717, 1.165) is 26.6 Å². The maximum atomic E-state index is 13.1. The monoisotopic (exact) mass is 412 g/mol. The van der Waals surface area contributed by atoms with Gasteiger partial charge in [-0.05, 0) is 70.4 Å². The second-order valence-electron chi connectivity index (χ2n) is 6.11. The van der Waals surface area contributed by atoms with Crippen molar-refractivity contribution in [2.75, 3.05) is 18.6 Å². The normalized spacial score (nSPS) is 12.0. The Balaban J connectivity index is 1.89. The third kappa shape index (κ3) is 3.73. The van der Waals surface area contributed by atoms with Gasteiger partial charge in [0.05, 0.1) is 13.0 Å². The Morgan fingerprint density at radius 3 is 2.54 bits per heavy atom. The first kappa shape index (κ1) is 18.4. The number of rotatable bonds is 5. The van der Waals surface area contributed by atoms with E-state index in [2.05, 4.69) is 27.0 Å². The topological polar surface area (TPSA) is 42.4 Å². The first-order valence-electron chi connectivity index (χ1n) is 8.54. The van der Waals surface area contributed by atoms with Crippen LogP contribution in [0.3, 0.4) is 0 Å². The first-order valence-corrected chi connectivity index (χ1v) is 9.33. The number of pyridine rings is 1. The fraction of sp³-hybridized carbons (Fsp3) is 0.238. The molecule has 5 heteroatoms. The minimum absolute atomic E-state index is 0.0372. The average molecular weight is 413 g/mol. The zero-order valence-electron chi connectivity index (χ0n) is 15.1. The minimum atomic E-state index is -0.258. The van der Waals surface area contributed by atoms with Crippen LogP contribution in [0.15, 0.2) is 59.2 Å². The number of nitrogens with zero attached hydrogens (tertiary/aromatic N) is 2. The van der Waals surface area contributed by atoms with Crippen LogP contribution in [-0.4, -0.2) is 24.5 Å².